The van der Waals surface area contributed by atoms with Crippen molar-refractivity contribution < 1.29 is 19.0 Å². The Balaban J connectivity index is 1.62. The second-order valence-corrected chi connectivity index (χ2v) is 9.42. The summed E-state index contributed by atoms with van der Waals surface area (Å²) in [6.45, 7) is 7.47. The van der Waals surface area contributed by atoms with E-state index in [1.807, 2.05) is 0 Å². The molecule has 0 aromatic rings. The molecule has 5 rings (SSSR count). The Labute approximate surface area is 143 Å². The number of esters is 1. The van der Waals surface area contributed by atoms with Crippen molar-refractivity contribution >= 4 is 5.97 Å². The van der Waals surface area contributed by atoms with Crippen molar-refractivity contribution in [3.63, 3.8) is 0 Å². The maximum atomic E-state index is 12.7. The van der Waals surface area contributed by atoms with Gasteiger partial charge in [0.1, 0.15) is 18.3 Å². The first-order valence-corrected chi connectivity index (χ1v) is 9.56. The van der Waals surface area contributed by atoms with E-state index >= 15 is 0 Å². The van der Waals surface area contributed by atoms with Gasteiger partial charge in [-0.05, 0) is 51.0 Å². The molecule has 0 aromatic carbocycles. The van der Waals surface area contributed by atoms with Crippen LogP contribution in [0.3, 0.4) is 0 Å². The van der Waals surface area contributed by atoms with E-state index in [0.29, 0.717) is 12.5 Å². The Morgan fingerprint density at radius 1 is 1.17 bits per heavy atom. The standard InChI is InChI=1S/C20H28O4/c1-13-11-14-15-17(2,16(21)23-14)5-4-6-18(15,3)20(13)8-7-19(24-20)9-10-22-12-19/h9-10,13-15H,4-8,11-12H2,1-3H3/t13-,14-,15+,17+,18+,19-,20-/m1/s1. The summed E-state index contributed by atoms with van der Waals surface area (Å²) in [5, 5.41) is 0. The van der Waals surface area contributed by atoms with Crippen molar-refractivity contribution in [2.24, 2.45) is 22.7 Å². The number of fused-ring (bicyclic) bond motifs is 1. The van der Waals surface area contributed by atoms with Crippen LogP contribution in [-0.2, 0) is 19.0 Å². The lowest BCUT2D eigenvalue weighted by Crippen LogP contribution is -2.65. The molecule has 0 bridgehead atoms. The second kappa shape index (κ2) is 4.38. The van der Waals surface area contributed by atoms with Crippen LogP contribution in [0, 0.1) is 22.7 Å². The summed E-state index contributed by atoms with van der Waals surface area (Å²) in [6.07, 6.45) is 10.2. The fourth-order valence-corrected chi connectivity index (χ4v) is 7.23. The van der Waals surface area contributed by atoms with Crippen LogP contribution in [0.15, 0.2) is 12.3 Å². The van der Waals surface area contributed by atoms with E-state index in [0.717, 1.165) is 38.5 Å². The quantitative estimate of drug-likeness (QED) is 0.636. The average Bonchev–Trinajstić information content (AvgIpc) is 3.20. The highest BCUT2D eigenvalue weighted by Gasteiger charge is 2.74. The molecule has 4 fully saturated rings. The average molecular weight is 332 g/mol. The predicted molar refractivity (Wildman–Crippen MR) is 88.1 cm³/mol. The zero-order chi connectivity index (χ0) is 16.8. The largest absolute Gasteiger partial charge is 0.498 e. The maximum Gasteiger partial charge on any atom is 0.312 e. The first-order valence-electron chi connectivity index (χ1n) is 9.56. The highest BCUT2D eigenvalue weighted by Crippen LogP contribution is 2.70. The molecule has 0 amide bonds. The molecule has 2 saturated carbocycles. The van der Waals surface area contributed by atoms with E-state index in [2.05, 4.69) is 26.8 Å². The third kappa shape index (κ3) is 1.53. The van der Waals surface area contributed by atoms with Gasteiger partial charge in [0.05, 0.1) is 17.3 Å². The summed E-state index contributed by atoms with van der Waals surface area (Å²) in [5.74, 6) is 0.707. The van der Waals surface area contributed by atoms with Crippen molar-refractivity contribution in [1.82, 2.24) is 0 Å². The minimum Gasteiger partial charge on any atom is -0.498 e. The summed E-state index contributed by atoms with van der Waals surface area (Å²) >= 11 is 0. The lowest BCUT2D eigenvalue weighted by Gasteiger charge is -2.62. The highest BCUT2D eigenvalue weighted by molar-refractivity contribution is 5.80. The van der Waals surface area contributed by atoms with Gasteiger partial charge < -0.3 is 14.2 Å². The van der Waals surface area contributed by atoms with Gasteiger partial charge in [-0.3, -0.25) is 4.79 Å². The van der Waals surface area contributed by atoms with Crippen LogP contribution in [0.1, 0.15) is 59.3 Å². The first-order chi connectivity index (χ1) is 11.4. The third-order valence-corrected chi connectivity index (χ3v) is 8.31. The highest BCUT2D eigenvalue weighted by atomic mass is 16.6. The number of rotatable bonds is 0. The van der Waals surface area contributed by atoms with E-state index in [1.54, 1.807) is 6.26 Å². The van der Waals surface area contributed by atoms with Crippen molar-refractivity contribution in [3.8, 4) is 0 Å². The van der Waals surface area contributed by atoms with Gasteiger partial charge in [-0.25, -0.2) is 0 Å². The number of carbonyl (C=O) groups is 1. The summed E-state index contributed by atoms with van der Waals surface area (Å²) < 4.78 is 18.4. The molecule has 3 heterocycles. The molecule has 2 saturated heterocycles. The minimum atomic E-state index is -0.327. The van der Waals surface area contributed by atoms with Crippen molar-refractivity contribution in [1.29, 1.82) is 0 Å². The number of carbonyl (C=O) groups excluding carboxylic acids is 1. The molecule has 4 heteroatoms. The van der Waals surface area contributed by atoms with Crippen molar-refractivity contribution in [2.75, 3.05) is 6.61 Å². The molecule has 0 radical (unpaired) electrons. The Hall–Kier alpha value is -1.03. The predicted octanol–water partition coefficient (Wildman–Crippen LogP) is 3.60. The van der Waals surface area contributed by atoms with Crippen molar-refractivity contribution in [2.45, 2.75) is 76.6 Å². The zero-order valence-electron chi connectivity index (χ0n) is 15.0. The fourth-order valence-electron chi connectivity index (χ4n) is 7.23. The van der Waals surface area contributed by atoms with Crippen LogP contribution in [-0.4, -0.2) is 29.9 Å². The topological polar surface area (TPSA) is 44.8 Å². The summed E-state index contributed by atoms with van der Waals surface area (Å²) in [6, 6.07) is 0. The van der Waals surface area contributed by atoms with E-state index in [-0.39, 0.29) is 40.0 Å². The summed E-state index contributed by atoms with van der Waals surface area (Å²) in [7, 11) is 0. The molecule has 4 nitrogen and oxygen atoms in total. The van der Waals surface area contributed by atoms with Gasteiger partial charge in [0.15, 0.2) is 0 Å². The maximum absolute atomic E-state index is 12.7. The van der Waals surface area contributed by atoms with Crippen LogP contribution in [0.4, 0.5) is 0 Å². The zero-order valence-corrected chi connectivity index (χ0v) is 15.0. The SMILES string of the molecule is C[C@@H]1C[C@H]2OC(=O)[C@@]3(C)CCC[C@@](C)([C@@H]23)[C@@]12CC[C@]1(C=COC1)O2. The van der Waals surface area contributed by atoms with Gasteiger partial charge in [-0.1, -0.05) is 20.3 Å². The van der Waals surface area contributed by atoms with Gasteiger partial charge in [0, 0.05) is 11.3 Å². The Morgan fingerprint density at radius 3 is 2.75 bits per heavy atom. The van der Waals surface area contributed by atoms with Gasteiger partial charge >= 0.3 is 5.97 Å². The first kappa shape index (κ1) is 15.2. The molecule has 3 aliphatic heterocycles. The van der Waals surface area contributed by atoms with Crippen LogP contribution >= 0.6 is 0 Å². The minimum absolute atomic E-state index is 0.00553. The van der Waals surface area contributed by atoms with E-state index in [1.165, 1.54) is 0 Å². The van der Waals surface area contributed by atoms with Crippen LogP contribution in [0.5, 0.6) is 0 Å². The van der Waals surface area contributed by atoms with Crippen molar-refractivity contribution in [3.05, 3.63) is 12.3 Å². The van der Waals surface area contributed by atoms with E-state index in [4.69, 9.17) is 14.2 Å². The van der Waals surface area contributed by atoms with Gasteiger partial charge in [-0.2, -0.15) is 0 Å². The van der Waals surface area contributed by atoms with Crippen LogP contribution in [0.2, 0.25) is 0 Å². The smallest absolute Gasteiger partial charge is 0.312 e. The Bertz CT molecular complexity index is 629. The molecule has 0 aromatic heterocycles. The monoisotopic (exact) mass is 332 g/mol. The normalized spacial score (nSPS) is 58.1. The molecule has 0 unspecified atom stereocenters. The number of hydrogen-bond donors (Lipinski definition) is 0. The van der Waals surface area contributed by atoms with E-state index < -0.39 is 0 Å². The fraction of sp³-hybridized carbons (Fsp3) is 0.850. The molecule has 7 atom stereocenters. The second-order valence-electron chi connectivity index (χ2n) is 9.42. The lowest BCUT2D eigenvalue weighted by molar-refractivity contribution is -0.245. The summed E-state index contributed by atoms with van der Waals surface area (Å²) in [5.41, 5.74) is -0.746. The Kier molecular flexibility index (Phi) is 2.78. The van der Waals surface area contributed by atoms with Crippen LogP contribution in [0.25, 0.3) is 0 Å². The van der Waals surface area contributed by atoms with Gasteiger partial charge in [0.2, 0.25) is 0 Å². The van der Waals surface area contributed by atoms with Gasteiger partial charge in [-0.15, -0.1) is 0 Å². The molecule has 2 spiro atoms. The lowest BCUT2D eigenvalue weighted by atomic mass is 9.44. The molecule has 132 valence electrons. The molecular weight excluding hydrogens is 304 g/mol. The molecule has 24 heavy (non-hydrogen) atoms. The number of ether oxygens (including phenoxy) is 3. The van der Waals surface area contributed by atoms with E-state index in [9.17, 15) is 4.79 Å². The van der Waals surface area contributed by atoms with Crippen LogP contribution < -0.4 is 0 Å². The molecular formula is C20H28O4. The number of hydrogen-bond acceptors (Lipinski definition) is 4. The molecule has 5 aliphatic rings. The third-order valence-electron chi connectivity index (χ3n) is 8.31. The molecule has 2 aliphatic carbocycles. The summed E-state index contributed by atoms with van der Waals surface area (Å²) in [4.78, 5) is 12.7. The Morgan fingerprint density at radius 2 is 2.00 bits per heavy atom. The molecule has 0 N–H and O–H groups in total. The van der Waals surface area contributed by atoms with Gasteiger partial charge in [0.25, 0.3) is 0 Å².